The van der Waals surface area contributed by atoms with Gasteiger partial charge in [-0.1, -0.05) is 0 Å². The van der Waals surface area contributed by atoms with Crippen LogP contribution in [0.3, 0.4) is 0 Å². The van der Waals surface area contributed by atoms with Crippen LogP contribution in [0.1, 0.15) is 40.4 Å². The topological polar surface area (TPSA) is 105 Å². The average molecular weight is 556 g/mol. The Labute approximate surface area is 213 Å². The quantitative estimate of drug-likeness (QED) is 0.435. The number of halogens is 7. The third kappa shape index (κ3) is 6.02. The number of alkyl halides is 3. The molecule has 0 saturated carbocycles. The number of rotatable bonds is 5. The first kappa shape index (κ1) is 28.7. The number of amides is 2. The molecule has 1 aromatic carbocycles. The van der Waals surface area contributed by atoms with Crippen molar-refractivity contribution in [3.63, 3.8) is 0 Å². The van der Waals surface area contributed by atoms with Gasteiger partial charge in [0.2, 0.25) is 11.7 Å². The molecule has 4 rings (SSSR count). The van der Waals surface area contributed by atoms with E-state index >= 15 is 0 Å². The van der Waals surface area contributed by atoms with E-state index in [4.69, 9.17) is 5.73 Å². The molecule has 37 heavy (non-hydrogen) atoms. The zero-order valence-electron chi connectivity index (χ0n) is 19.3. The number of nitrogens with two attached hydrogens (primary N) is 1. The summed E-state index contributed by atoms with van der Waals surface area (Å²) in [5, 5.41) is 9.69. The number of carbonyl (C=O) groups is 2. The van der Waals surface area contributed by atoms with Gasteiger partial charge in [-0.2, -0.15) is 13.2 Å². The highest BCUT2D eigenvalue weighted by Gasteiger charge is 2.42. The largest absolute Gasteiger partial charge is 0.449 e. The van der Waals surface area contributed by atoms with Crippen LogP contribution in [-0.2, 0) is 30.5 Å². The Morgan fingerprint density at radius 3 is 2.38 bits per heavy atom. The Balaban J connectivity index is 0.00000380. The van der Waals surface area contributed by atoms with Gasteiger partial charge in [0.05, 0.1) is 18.3 Å². The van der Waals surface area contributed by atoms with Crippen molar-refractivity contribution in [2.24, 2.45) is 5.73 Å². The monoisotopic (exact) mass is 555 g/mol. The molecule has 3 heterocycles. The summed E-state index contributed by atoms with van der Waals surface area (Å²) in [4.78, 5) is 31.7. The number of hydrogen-bond donors (Lipinski definition) is 2. The van der Waals surface area contributed by atoms with Gasteiger partial charge < -0.3 is 25.2 Å². The zero-order chi connectivity index (χ0) is 26.4. The van der Waals surface area contributed by atoms with Crippen LogP contribution in [0.2, 0.25) is 0 Å². The fraction of sp³-hybridized carbons (Fsp3) is 0.500. The van der Waals surface area contributed by atoms with E-state index in [1.807, 2.05) is 0 Å². The number of aliphatic hydroxyl groups excluding tert-OH is 1. The molecule has 15 heteroatoms. The summed E-state index contributed by atoms with van der Waals surface area (Å²) in [5.74, 6) is -6.24. The van der Waals surface area contributed by atoms with Crippen LogP contribution < -0.4 is 5.73 Å². The predicted molar refractivity (Wildman–Crippen MR) is 119 cm³/mol. The third-order valence-corrected chi connectivity index (χ3v) is 6.27. The van der Waals surface area contributed by atoms with E-state index in [2.05, 4.69) is 4.98 Å². The molecule has 0 aliphatic carbocycles. The van der Waals surface area contributed by atoms with Crippen molar-refractivity contribution in [1.82, 2.24) is 19.4 Å². The van der Waals surface area contributed by atoms with Crippen molar-refractivity contribution >= 4 is 24.2 Å². The van der Waals surface area contributed by atoms with E-state index in [0.717, 1.165) is 4.57 Å². The molecule has 0 unspecified atom stereocenters. The number of carbonyl (C=O) groups excluding carboxylic acids is 2. The average Bonchev–Trinajstić information content (AvgIpc) is 3.40. The molecule has 1 fully saturated rings. The molecule has 1 saturated heterocycles. The van der Waals surface area contributed by atoms with Crippen LogP contribution >= 0.6 is 12.4 Å². The molecular formula is C22H24ClF6N5O3. The fourth-order valence-electron chi connectivity index (χ4n) is 4.47. The van der Waals surface area contributed by atoms with Crippen molar-refractivity contribution in [3.05, 3.63) is 52.4 Å². The van der Waals surface area contributed by atoms with Crippen molar-refractivity contribution in [3.8, 4) is 0 Å². The van der Waals surface area contributed by atoms with Gasteiger partial charge in [-0.3, -0.25) is 9.59 Å². The fourth-order valence-corrected chi connectivity index (χ4v) is 4.47. The predicted octanol–water partition coefficient (Wildman–Crippen LogP) is 2.25. The minimum atomic E-state index is -4.83. The number of aliphatic hydroxyl groups is 1. The summed E-state index contributed by atoms with van der Waals surface area (Å²) < 4.78 is 82.1. The van der Waals surface area contributed by atoms with Gasteiger partial charge in [0.1, 0.15) is 5.82 Å². The summed E-state index contributed by atoms with van der Waals surface area (Å²) in [6.45, 7) is -0.610. The van der Waals surface area contributed by atoms with Crippen molar-refractivity contribution in [2.45, 2.75) is 50.7 Å². The Hall–Kier alpha value is -2.84. The molecule has 0 radical (unpaired) electrons. The number of fused-ring (bicyclic) bond motifs is 1. The maximum Gasteiger partial charge on any atom is 0.449 e. The number of likely N-dealkylation sites (tertiary alicyclic amines) is 1. The smallest absolute Gasteiger partial charge is 0.391 e. The zero-order valence-corrected chi connectivity index (χ0v) is 20.1. The number of imidazole rings is 1. The number of benzene rings is 1. The second kappa shape index (κ2) is 10.9. The molecule has 0 spiro atoms. The summed E-state index contributed by atoms with van der Waals surface area (Å²) in [5.41, 5.74) is 5.17. The first-order chi connectivity index (χ1) is 16.8. The summed E-state index contributed by atoms with van der Waals surface area (Å²) in [7, 11) is 0. The van der Waals surface area contributed by atoms with Gasteiger partial charge in [-0.25, -0.2) is 18.2 Å². The molecule has 2 aliphatic heterocycles. The summed E-state index contributed by atoms with van der Waals surface area (Å²) in [6, 6.07) is 0.0446. The highest BCUT2D eigenvalue weighted by atomic mass is 35.5. The molecular weight excluding hydrogens is 532 g/mol. The standard InChI is InChI=1S/C22H23F6N5O3.ClH/c23-14-8-16(25)15(24)6-11(14)5-12(29)7-18(35)31-3-4-33-17(10-31)19(30-21(33)22(26,27)28)20(36)32-2-1-13(34)9-32;/h6,8,12-13,34H,1-5,7,9-10,29H2;1H/t12-,13-;/m1./s1. The molecule has 3 N–H and O–H groups in total. The number of nitrogens with zero attached hydrogens (tertiary/aromatic N) is 4. The SMILES string of the molecule is Cl.N[C@@H](CC(=O)N1CCn2c(C(F)(F)F)nc(C(=O)N3CC[C@@H](O)C3)c2C1)Cc1cc(F)c(F)cc1F. The van der Waals surface area contributed by atoms with Gasteiger partial charge in [0.15, 0.2) is 17.3 Å². The van der Waals surface area contributed by atoms with E-state index in [1.165, 1.54) is 9.80 Å². The van der Waals surface area contributed by atoms with Crippen molar-refractivity contribution in [1.29, 1.82) is 0 Å². The summed E-state index contributed by atoms with van der Waals surface area (Å²) in [6.07, 6.45) is -5.95. The molecule has 0 bridgehead atoms. The van der Waals surface area contributed by atoms with E-state index in [0.29, 0.717) is 12.1 Å². The summed E-state index contributed by atoms with van der Waals surface area (Å²) >= 11 is 0. The van der Waals surface area contributed by atoms with Crippen molar-refractivity contribution < 1.29 is 41.0 Å². The van der Waals surface area contributed by atoms with Crippen LogP contribution in [0.4, 0.5) is 26.3 Å². The highest BCUT2D eigenvalue weighted by molar-refractivity contribution is 5.94. The Bertz CT molecular complexity index is 1190. The van der Waals surface area contributed by atoms with E-state index in [9.17, 15) is 41.0 Å². The third-order valence-electron chi connectivity index (χ3n) is 6.27. The van der Waals surface area contributed by atoms with Gasteiger partial charge in [-0.05, 0) is 24.5 Å². The van der Waals surface area contributed by atoms with Gasteiger partial charge in [0, 0.05) is 44.7 Å². The van der Waals surface area contributed by atoms with Crippen LogP contribution in [-0.4, -0.2) is 68.1 Å². The van der Waals surface area contributed by atoms with Gasteiger partial charge in [0.25, 0.3) is 5.91 Å². The van der Waals surface area contributed by atoms with E-state index in [1.54, 1.807) is 0 Å². The maximum atomic E-state index is 13.9. The lowest BCUT2D eigenvalue weighted by Crippen LogP contribution is -2.42. The molecule has 2 aliphatic rings. The Morgan fingerprint density at radius 2 is 1.76 bits per heavy atom. The second-order valence-electron chi connectivity index (χ2n) is 8.92. The minimum Gasteiger partial charge on any atom is -0.391 e. The lowest BCUT2D eigenvalue weighted by molar-refractivity contribution is -0.148. The normalized spacial score (nSPS) is 18.4. The van der Waals surface area contributed by atoms with Crippen molar-refractivity contribution in [2.75, 3.05) is 19.6 Å². The van der Waals surface area contributed by atoms with Crippen LogP contribution in [0, 0.1) is 17.5 Å². The van der Waals surface area contributed by atoms with Crippen LogP contribution in [0.15, 0.2) is 12.1 Å². The lowest BCUT2D eigenvalue weighted by atomic mass is 10.0. The molecule has 204 valence electrons. The first-order valence-electron chi connectivity index (χ1n) is 11.2. The van der Waals surface area contributed by atoms with E-state index < -0.39 is 59.1 Å². The highest BCUT2D eigenvalue weighted by Crippen LogP contribution is 2.33. The number of hydrogen-bond acceptors (Lipinski definition) is 5. The van der Waals surface area contributed by atoms with Crippen LogP contribution in [0.25, 0.3) is 0 Å². The number of aromatic nitrogens is 2. The Kier molecular flexibility index (Phi) is 8.44. The number of β-amino-alcohol motifs (C(OH)–C–C–N with tert-alkyl or cyclic N) is 1. The maximum absolute atomic E-state index is 13.9. The molecule has 2 atom stereocenters. The first-order valence-corrected chi connectivity index (χ1v) is 11.2. The van der Waals surface area contributed by atoms with Crippen LogP contribution in [0.5, 0.6) is 0 Å². The second-order valence-corrected chi connectivity index (χ2v) is 8.92. The van der Waals surface area contributed by atoms with E-state index in [-0.39, 0.29) is 75.7 Å². The minimum absolute atomic E-state index is 0. The molecule has 1 aromatic heterocycles. The van der Waals surface area contributed by atoms with Gasteiger partial charge >= 0.3 is 6.18 Å². The molecule has 8 nitrogen and oxygen atoms in total. The molecule has 2 aromatic rings. The molecule has 2 amide bonds. The lowest BCUT2D eigenvalue weighted by Gasteiger charge is -2.30. The Morgan fingerprint density at radius 1 is 1.08 bits per heavy atom. The van der Waals surface area contributed by atoms with Gasteiger partial charge in [-0.15, -0.1) is 12.4 Å².